The molecule has 0 aromatic heterocycles. The summed E-state index contributed by atoms with van der Waals surface area (Å²) < 4.78 is 22.8. The Hall–Kier alpha value is -2.22. The van der Waals surface area contributed by atoms with E-state index < -0.39 is 9.71 Å². The van der Waals surface area contributed by atoms with E-state index in [0.29, 0.717) is 30.4 Å². The number of rotatable bonds is 0. The first-order valence-corrected chi connectivity index (χ1v) is 17.4. The minimum Gasteiger partial charge on any atom is -0.490 e. The fourth-order valence-electron chi connectivity index (χ4n) is 7.60. The van der Waals surface area contributed by atoms with Crippen LogP contribution in [0, 0.1) is 17.8 Å². The second kappa shape index (κ2) is 11.1. The highest BCUT2D eigenvalue weighted by molar-refractivity contribution is 7.99. The van der Waals surface area contributed by atoms with E-state index in [4.69, 9.17) is 16.3 Å². The van der Waals surface area contributed by atoms with E-state index in [2.05, 4.69) is 34.5 Å². The van der Waals surface area contributed by atoms with Crippen molar-refractivity contribution in [2.45, 2.75) is 82.0 Å². The van der Waals surface area contributed by atoms with Gasteiger partial charge in [-0.2, -0.15) is 0 Å². The Kier molecular flexibility index (Phi) is 7.84. The van der Waals surface area contributed by atoms with Crippen LogP contribution in [-0.2, 0) is 21.5 Å². The molecule has 6 rings (SSSR count). The fraction of sp³-hybridized carbons (Fsp3) is 0.576. The molecule has 8 heteroatoms. The molecule has 1 spiro atoms. The second-order valence-corrected chi connectivity index (χ2v) is 16.1. The van der Waals surface area contributed by atoms with Crippen LogP contribution in [0.3, 0.4) is 0 Å². The van der Waals surface area contributed by atoms with Crippen molar-refractivity contribution in [2.75, 3.05) is 24.6 Å². The highest BCUT2D eigenvalue weighted by Crippen LogP contribution is 2.47. The Morgan fingerprint density at radius 1 is 1.15 bits per heavy atom. The summed E-state index contributed by atoms with van der Waals surface area (Å²) in [6.07, 6.45) is 7.11. The molecule has 0 radical (unpaired) electrons. The van der Waals surface area contributed by atoms with E-state index in [1.165, 1.54) is 11.1 Å². The van der Waals surface area contributed by atoms with Crippen LogP contribution < -0.4 is 14.4 Å². The van der Waals surface area contributed by atoms with Gasteiger partial charge in [-0.1, -0.05) is 24.6 Å². The lowest BCUT2D eigenvalue weighted by atomic mass is 9.67. The zero-order valence-electron chi connectivity index (χ0n) is 24.2. The van der Waals surface area contributed by atoms with Gasteiger partial charge in [-0.25, -0.2) is 4.21 Å². The molecule has 222 valence electrons. The molecule has 1 saturated carbocycles. The molecule has 7 atom stereocenters. The normalized spacial score (nSPS) is 35.8. The van der Waals surface area contributed by atoms with Gasteiger partial charge in [0.2, 0.25) is 0 Å². The minimum atomic E-state index is -2.85. The number of benzene rings is 2. The summed E-state index contributed by atoms with van der Waals surface area (Å²) in [5.41, 5.74) is 3.73. The number of anilines is 1. The number of carbonyl (C=O) groups excluding carboxylic acids is 1. The van der Waals surface area contributed by atoms with Crippen molar-refractivity contribution in [3.05, 3.63) is 58.1 Å². The first-order valence-electron chi connectivity index (χ1n) is 15.2. The van der Waals surface area contributed by atoms with Gasteiger partial charge in [0.25, 0.3) is 5.91 Å². The molecule has 2 aromatic carbocycles. The zero-order chi connectivity index (χ0) is 28.9. The van der Waals surface area contributed by atoms with Crippen molar-refractivity contribution in [1.82, 2.24) is 4.72 Å². The number of halogens is 1. The van der Waals surface area contributed by atoms with E-state index in [1.54, 1.807) is 6.07 Å². The van der Waals surface area contributed by atoms with Crippen molar-refractivity contribution in [3.8, 4) is 5.75 Å². The van der Waals surface area contributed by atoms with Gasteiger partial charge in [0.15, 0.2) is 0 Å². The Morgan fingerprint density at radius 3 is 2.76 bits per heavy atom. The van der Waals surface area contributed by atoms with Crippen molar-refractivity contribution in [3.63, 3.8) is 0 Å². The van der Waals surface area contributed by atoms with E-state index in [9.17, 15) is 14.1 Å². The summed E-state index contributed by atoms with van der Waals surface area (Å²) >= 11 is 6.40. The molecule has 2 N–H and O–H groups in total. The molecule has 2 aromatic rings. The Bertz CT molecular complexity index is 1430. The number of fused-ring (bicyclic) bond motifs is 4. The van der Waals surface area contributed by atoms with Gasteiger partial charge >= 0.3 is 0 Å². The quantitative estimate of drug-likeness (QED) is 0.377. The van der Waals surface area contributed by atoms with Crippen molar-refractivity contribution in [2.24, 2.45) is 17.8 Å². The highest BCUT2D eigenvalue weighted by Gasteiger charge is 2.44. The maximum absolute atomic E-state index is 13.5. The maximum atomic E-state index is 13.5. The SMILES string of the molecule is C=S1(=O)NC(=O)c2ccc3c(c2)N(C[C@@H]2CC[C@H]2[C@H](O)C[C@H](C)CC[C@H]1C)C[C@@]1(CCCc2cc(Cl)ccc21)CO3. The average molecular weight is 599 g/mol. The number of aliphatic hydroxyl groups is 1. The van der Waals surface area contributed by atoms with E-state index in [0.717, 1.165) is 74.5 Å². The molecular formula is C33H43ClN2O4S. The van der Waals surface area contributed by atoms with Gasteiger partial charge in [0.05, 0.1) is 28.1 Å². The first-order chi connectivity index (χ1) is 19.5. The molecule has 6 nitrogen and oxygen atoms in total. The number of amides is 1. The topological polar surface area (TPSA) is 78.9 Å². The largest absolute Gasteiger partial charge is 0.490 e. The molecule has 1 unspecified atom stereocenters. The number of hydrogen-bond acceptors (Lipinski definition) is 5. The third-order valence-corrected chi connectivity index (χ3v) is 12.7. The van der Waals surface area contributed by atoms with Crippen molar-refractivity contribution >= 4 is 38.8 Å². The summed E-state index contributed by atoms with van der Waals surface area (Å²) in [5.74, 6) is 5.25. The van der Waals surface area contributed by atoms with Gasteiger partial charge < -0.3 is 14.7 Å². The summed E-state index contributed by atoms with van der Waals surface area (Å²) in [7, 11) is -2.85. The van der Waals surface area contributed by atoms with E-state index in [1.807, 2.05) is 25.1 Å². The van der Waals surface area contributed by atoms with Crippen LogP contribution in [0.1, 0.15) is 80.3 Å². The summed E-state index contributed by atoms with van der Waals surface area (Å²) in [6.45, 7) is 6.17. The molecule has 2 heterocycles. The van der Waals surface area contributed by atoms with Gasteiger partial charge in [0, 0.05) is 34.3 Å². The third kappa shape index (κ3) is 5.62. The standard InChI is InChI=1S/C33H43ClN2O4S/c1-21-6-7-22(2)41(3,39)35-32(38)24-9-13-31-29(17-24)36(18-25-8-11-27(25)30(37)15-21)19-33(20-40-31)14-4-5-23-16-26(34)10-12-28(23)33/h9-10,12-13,16-17,21-22,25,27,30,37H,3-8,11,14-15,18-20H2,1-2H3,(H,35,38,39)/t21-,22-,25+,27-,30-,33+,41?/m1/s1. The number of carbonyl (C=O) groups is 1. The number of aryl methyl sites for hydroxylation is 1. The third-order valence-electron chi connectivity index (χ3n) is 10.4. The number of nitrogens with one attached hydrogen (secondary N) is 1. The Balaban J connectivity index is 1.41. The number of nitrogens with zero attached hydrogens (tertiary/aromatic N) is 1. The summed E-state index contributed by atoms with van der Waals surface area (Å²) in [6, 6.07) is 11.8. The second-order valence-electron chi connectivity index (χ2n) is 13.2. The van der Waals surface area contributed by atoms with Crippen LogP contribution in [0.2, 0.25) is 5.02 Å². The van der Waals surface area contributed by atoms with E-state index >= 15 is 0 Å². The average Bonchev–Trinajstić information content (AvgIpc) is 3.05. The smallest absolute Gasteiger partial charge is 0.262 e. The van der Waals surface area contributed by atoms with Crippen LogP contribution in [0.4, 0.5) is 5.69 Å². The van der Waals surface area contributed by atoms with Gasteiger partial charge in [-0.05, 0) is 123 Å². The van der Waals surface area contributed by atoms with Crippen molar-refractivity contribution < 1.29 is 18.8 Å². The summed E-state index contributed by atoms with van der Waals surface area (Å²) in [5, 5.41) is 11.8. The van der Waals surface area contributed by atoms with Gasteiger partial charge in [-0.15, -0.1) is 0 Å². The molecule has 0 saturated heterocycles. The molecule has 1 fully saturated rings. The van der Waals surface area contributed by atoms with Crippen molar-refractivity contribution in [1.29, 1.82) is 0 Å². The van der Waals surface area contributed by atoms with E-state index in [-0.39, 0.29) is 28.6 Å². The Labute approximate surface area is 249 Å². The highest BCUT2D eigenvalue weighted by atomic mass is 35.5. The lowest BCUT2D eigenvalue weighted by Crippen LogP contribution is -2.49. The van der Waals surface area contributed by atoms with Crippen LogP contribution in [0.25, 0.3) is 0 Å². The molecule has 2 aliphatic heterocycles. The van der Waals surface area contributed by atoms with Crippen LogP contribution in [0.5, 0.6) is 5.75 Å². The monoisotopic (exact) mass is 598 g/mol. The molecule has 1 amide bonds. The lowest BCUT2D eigenvalue weighted by molar-refractivity contribution is 0.00130. The maximum Gasteiger partial charge on any atom is 0.262 e. The molecule has 2 bridgehead atoms. The number of hydrogen-bond donors (Lipinski definition) is 2. The lowest BCUT2D eigenvalue weighted by Gasteiger charge is -2.46. The predicted octanol–water partition coefficient (Wildman–Crippen LogP) is 5.77. The van der Waals surface area contributed by atoms with Crippen LogP contribution >= 0.6 is 11.6 Å². The van der Waals surface area contributed by atoms with Crippen LogP contribution in [0.15, 0.2) is 36.4 Å². The zero-order valence-corrected chi connectivity index (χ0v) is 25.8. The Morgan fingerprint density at radius 2 is 1.98 bits per heavy atom. The first kappa shape index (κ1) is 28.9. The predicted molar refractivity (Wildman–Crippen MR) is 168 cm³/mol. The molecule has 4 aliphatic rings. The fourth-order valence-corrected chi connectivity index (χ4v) is 8.94. The number of ether oxygens (including phenoxy) is 1. The van der Waals surface area contributed by atoms with Gasteiger partial charge in [-0.3, -0.25) is 9.52 Å². The molecule has 41 heavy (non-hydrogen) atoms. The summed E-state index contributed by atoms with van der Waals surface area (Å²) in [4.78, 5) is 15.8. The molecule has 2 aliphatic carbocycles. The molecular weight excluding hydrogens is 556 g/mol. The van der Waals surface area contributed by atoms with Gasteiger partial charge in [0.1, 0.15) is 5.75 Å². The minimum absolute atomic E-state index is 0.204. The number of aliphatic hydroxyl groups excluding tert-OH is 1. The van der Waals surface area contributed by atoms with Crippen LogP contribution in [-0.4, -0.2) is 52.1 Å².